The summed E-state index contributed by atoms with van der Waals surface area (Å²) >= 11 is 0. The average Bonchev–Trinajstić information content (AvgIpc) is 2.36. The predicted molar refractivity (Wildman–Crippen MR) is 41.5 cm³/mol. The largest absolute Gasteiger partial charge is 0.463 e. The number of cyclic esters (lactones) is 1. The molecule has 2 atom stereocenters. The van der Waals surface area contributed by atoms with E-state index in [1.807, 2.05) is 13.8 Å². The summed E-state index contributed by atoms with van der Waals surface area (Å²) < 4.78 is 15.2. The summed E-state index contributed by atoms with van der Waals surface area (Å²) in [5, 5.41) is 0. The summed E-state index contributed by atoms with van der Waals surface area (Å²) in [6.45, 7) is 4.68. The molecule has 1 aliphatic heterocycles. The van der Waals surface area contributed by atoms with Gasteiger partial charge in [0.05, 0.1) is 6.42 Å². The Labute approximate surface area is 71.8 Å². The highest BCUT2D eigenvalue weighted by molar-refractivity contribution is 5.71. The molecule has 0 amide bonds. The Hall–Kier alpha value is -0.610. The fraction of sp³-hybridized carbons (Fsp3) is 0.875. The monoisotopic (exact) mass is 174 g/mol. The number of carbonyl (C=O) groups is 1. The van der Waals surface area contributed by atoms with Gasteiger partial charge in [0, 0.05) is 6.61 Å². The molecule has 1 rings (SSSR count). The van der Waals surface area contributed by atoms with Gasteiger partial charge < -0.3 is 14.2 Å². The number of carbonyl (C=O) groups excluding carboxylic acids is 1. The van der Waals surface area contributed by atoms with Gasteiger partial charge in [-0.15, -0.1) is 0 Å². The van der Waals surface area contributed by atoms with Crippen LogP contribution < -0.4 is 0 Å². The molecular weight excluding hydrogens is 160 g/mol. The second-order valence-corrected chi connectivity index (χ2v) is 2.67. The number of esters is 1. The van der Waals surface area contributed by atoms with E-state index >= 15 is 0 Å². The van der Waals surface area contributed by atoms with Crippen molar-refractivity contribution in [2.24, 2.45) is 0 Å². The summed E-state index contributed by atoms with van der Waals surface area (Å²) in [5.41, 5.74) is 0. The van der Waals surface area contributed by atoms with Gasteiger partial charge in [0.15, 0.2) is 6.29 Å². The molecule has 0 aromatic carbocycles. The number of rotatable bonds is 4. The van der Waals surface area contributed by atoms with Gasteiger partial charge in [-0.2, -0.15) is 0 Å². The Morgan fingerprint density at radius 1 is 1.75 bits per heavy atom. The Balaban J connectivity index is 2.18. The van der Waals surface area contributed by atoms with Gasteiger partial charge in [0.25, 0.3) is 0 Å². The molecule has 1 heterocycles. The van der Waals surface area contributed by atoms with E-state index in [1.54, 1.807) is 0 Å². The summed E-state index contributed by atoms with van der Waals surface area (Å²) in [7, 11) is 0. The lowest BCUT2D eigenvalue weighted by molar-refractivity contribution is -0.156. The van der Waals surface area contributed by atoms with Crippen molar-refractivity contribution in [3.8, 4) is 0 Å². The van der Waals surface area contributed by atoms with Crippen molar-refractivity contribution in [1.82, 2.24) is 0 Å². The fourth-order valence-corrected chi connectivity index (χ4v) is 1.12. The van der Waals surface area contributed by atoms with Crippen molar-refractivity contribution < 1.29 is 19.0 Å². The smallest absolute Gasteiger partial charge is 0.308 e. The van der Waals surface area contributed by atoms with Crippen LogP contribution in [0.2, 0.25) is 0 Å². The first kappa shape index (κ1) is 9.48. The van der Waals surface area contributed by atoms with Crippen molar-refractivity contribution in [2.75, 3.05) is 13.2 Å². The SMILES string of the molecule is CCO[C@H](C)O[C@@H]1COC(=O)C1. The first-order valence-electron chi connectivity index (χ1n) is 4.15. The van der Waals surface area contributed by atoms with Gasteiger partial charge in [0.2, 0.25) is 0 Å². The van der Waals surface area contributed by atoms with Crippen molar-refractivity contribution in [2.45, 2.75) is 32.7 Å². The zero-order valence-corrected chi connectivity index (χ0v) is 7.41. The molecule has 4 heteroatoms. The minimum atomic E-state index is -0.255. The number of hydrogen-bond donors (Lipinski definition) is 0. The molecule has 0 radical (unpaired) electrons. The normalized spacial score (nSPS) is 25.5. The Bertz CT molecular complexity index is 157. The third kappa shape index (κ3) is 2.79. The van der Waals surface area contributed by atoms with Crippen LogP contribution in [0.3, 0.4) is 0 Å². The molecule has 0 saturated carbocycles. The van der Waals surface area contributed by atoms with Crippen LogP contribution in [0.1, 0.15) is 20.3 Å². The quantitative estimate of drug-likeness (QED) is 0.465. The van der Waals surface area contributed by atoms with Gasteiger partial charge in [-0.3, -0.25) is 4.79 Å². The number of ether oxygens (including phenoxy) is 3. The van der Waals surface area contributed by atoms with Crippen LogP contribution in [-0.2, 0) is 19.0 Å². The zero-order chi connectivity index (χ0) is 8.97. The van der Waals surface area contributed by atoms with Crippen molar-refractivity contribution >= 4 is 5.97 Å². The van der Waals surface area contributed by atoms with Crippen LogP contribution in [0.5, 0.6) is 0 Å². The van der Waals surface area contributed by atoms with Crippen LogP contribution in [0, 0.1) is 0 Å². The van der Waals surface area contributed by atoms with Crippen LogP contribution >= 0.6 is 0 Å². The topological polar surface area (TPSA) is 44.8 Å². The van der Waals surface area contributed by atoms with Gasteiger partial charge in [-0.05, 0) is 13.8 Å². The highest BCUT2D eigenvalue weighted by Crippen LogP contribution is 2.12. The third-order valence-electron chi connectivity index (χ3n) is 1.61. The zero-order valence-electron chi connectivity index (χ0n) is 7.41. The standard InChI is InChI=1S/C8H14O4/c1-3-10-6(2)12-7-4-8(9)11-5-7/h6-7H,3-5H2,1-2H3/t6-,7-/m0/s1. The Morgan fingerprint density at radius 2 is 2.50 bits per heavy atom. The van der Waals surface area contributed by atoms with E-state index in [1.165, 1.54) is 0 Å². The third-order valence-corrected chi connectivity index (χ3v) is 1.61. The molecule has 1 saturated heterocycles. The van der Waals surface area contributed by atoms with Gasteiger partial charge in [-0.1, -0.05) is 0 Å². The molecule has 12 heavy (non-hydrogen) atoms. The highest BCUT2D eigenvalue weighted by Gasteiger charge is 2.25. The summed E-state index contributed by atoms with van der Waals surface area (Å²) in [4.78, 5) is 10.6. The molecule has 0 unspecified atom stereocenters. The maximum absolute atomic E-state index is 10.6. The average molecular weight is 174 g/mol. The van der Waals surface area contributed by atoms with E-state index in [0.717, 1.165) is 0 Å². The summed E-state index contributed by atoms with van der Waals surface area (Å²) in [6.07, 6.45) is -0.0363. The maximum atomic E-state index is 10.6. The fourth-order valence-electron chi connectivity index (χ4n) is 1.12. The molecule has 1 aliphatic rings. The molecule has 0 spiro atoms. The first-order chi connectivity index (χ1) is 5.72. The molecule has 0 aliphatic carbocycles. The number of hydrogen-bond acceptors (Lipinski definition) is 4. The lowest BCUT2D eigenvalue weighted by atomic mass is 10.3. The molecular formula is C8H14O4. The van der Waals surface area contributed by atoms with Crippen molar-refractivity contribution in [1.29, 1.82) is 0 Å². The molecule has 70 valence electrons. The van der Waals surface area contributed by atoms with Crippen LogP contribution in [0.4, 0.5) is 0 Å². The lowest BCUT2D eigenvalue weighted by Gasteiger charge is -2.15. The van der Waals surface area contributed by atoms with Gasteiger partial charge in [-0.25, -0.2) is 0 Å². The highest BCUT2D eigenvalue weighted by atomic mass is 16.7. The Kier molecular flexibility index (Phi) is 3.49. The summed E-state index contributed by atoms with van der Waals surface area (Å²) in [5.74, 6) is -0.191. The summed E-state index contributed by atoms with van der Waals surface area (Å²) in [6, 6.07) is 0. The first-order valence-corrected chi connectivity index (χ1v) is 4.15. The van der Waals surface area contributed by atoms with Crippen molar-refractivity contribution in [3.05, 3.63) is 0 Å². The minimum Gasteiger partial charge on any atom is -0.463 e. The predicted octanol–water partition coefficient (Wildman–Crippen LogP) is 0.701. The minimum absolute atomic E-state index is 0.126. The Morgan fingerprint density at radius 3 is 3.00 bits per heavy atom. The molecule has 0 bridgehead atoms. The molecule has 0 aromatic rings. The van der Waals surface area contributed by atoms with E-state index in [2.05, 4.69) is 0 Å². The van der Waals surface area contributed by atoms with Crippen molar-refractivity contribution in [3.63, 3.8) is 0 Å². The van der Waals surface area contributed by atoms with Gasteiger partial charge >= 0.3 is 5.97 Å². The molecule has 0 aromatic heterocycles. The van der Waals surface area contributed by atoms with Gasteiger partial charge in [0.1, 0.15) is 12.7 Å². The van der Waals surface area contributed by atoms with E-state index in [0.29, 0.717) is 19.6 Å². The molecule has 0 N–H and O–H groups in total. The van der Waals surface area contributed by atoms with E-state index in [-0.39, 0.29) is 18.4 Å². The molecule has 1 fully saturated rings. The van der Waals surface area contributed by atoms with Crippen LogP contribution in [0.25, 0.3) is 0 Å². The van der Waals surface area contributed by atoms with Crippen LogP contribution in [-0.4, -0.2) is 31.6 Å². The lowest BCUT2D eigenvalue weighted by Crippen LogP contribution is -2.22. The van der Waals surface area contributed by atoms with E-state index in [9.17, 15) is 4.79 Å². The van der Waals surface area contributed by atoms with Crippen LogP contribution in [0.15, 0.2) is 0 Å². The van der Waals surface area contributed by atoms with E-state index in [4.69, 9.17) is 14.2 Å². The second kappa shape index (κ2) is 4.42. The second-order valence-electron chi connectivity index (χ2n) is 2.67. The molecule has 4 nitrogen and oxygen atoms in total. The maximum Gasteiger partial charge on any atom is 0.308 e. The van der Waals surface area contributed by atoms with E-state index < -0.39 is 0 Å².